The summed E-state index contributed by atoms with van der Waals surface area (Å²) in [7, 11) is -2.44. The summed E-state index contributed by atoms with van der Waals surface area (Å²) >= 11 is 1.50. The molecular weight excluding hydrogens is 428 g/mol. The standard InChI is InChI=1S/C16H23N3O3S2.C3H7NO2/c1-4-5-6-9-18-16-19-11(2)15(23-16)12-7-8-13(22-3)14(10-12)24(17,20)21;1-2-3(5)4-6/h7-8,10H,4-6,9H2,1-3H3,(H,18,19)(H2,17,20,21);6H,2H2,1H3,(H,4,5). The van der Waals surface area contributed by atoms with Crippen LogP contribution in [-0.2, 0) is 14.8 Å². The Labute approximate surface area is 181 Å². The smallest absolute Gasteiger partial charge is 0.243 e. The van der Waals surface area contributed by atoms with Crippen LogP contribution in [0.25, 0.3) is 10.4 Å². The van der Waals surface area contributed by atoms with Crippen LogP contribution in [0, 0.1) is 6.92 Å². The Morgan fingerprint density at radius 2 is 2.00 bits per heavy atom. The van der Waals surface area contributed by atoms with Crippen LogP contribution in [0.3, 0.4) is 0 Å². The molecule has 0 unspecified atom stereocenters. The van der Waals surface area contributed by atoms with E-state index in [0.29, 0.717) is 6.42 Å². The predicted molar refractivity (Wildman–Crippen MR) is 118 cm³/mol. The zero-order valence-electron chi connectivity index (χ0n) is 17.7. The van der Waals surface area contributed by atoms with Crippen molar-refractivity contribution in [2.75, 3.05) is 19.0 Å². The fourth-order valence-electron chi connectivity index (χ4n) is 2.43. The van der Waals surface area contributed by atoms with Crippen LogP contribution < -0.4 is 20.7 Å². The Morgan fingerprint density at radius 1 is 1.30 bits per heavy atom. The summed E-state index contributed by atoms with van der Waals surface area (Å²) < 4.78 is 28.6. The van der Waals surface area contributed by atoms with Crippen LogP contribution in [0.1, 0.15) is 45.2 Å². The normalized spacial score (nSPS) is 10.7. The number of hydroxylamine groups is 1. The lowest BCUT2D eigenvalue weighted by molar-refractivity contribution is -0.128. The van der Waals surface area contributed by atoms with Crippen molar-refractivity contribution in [3.05, 3.63) is 23.9 Å². The third-order valence-electron chi connectivity index (χ3n) is 4.03. The monoisotopic (exact) mass is 458 g/mol. The van der Waals surface area contributed by atoms with Crippen LogP contribution in [-0.4, -0.2) is 38.2 Å². The zero-order valence-corrected chi connectivity index (χ0v) is 19.3. The van der Waals surface area contributed by atoms with E-state index in [-0.39, 0.29) is 16.6 Å². The molecule has 1 heterocycles. The number of nitrogens with one attached hydrogen (secondary N) is 2. The fraction of sp³-hybridized carbons (Fsp3) is 0.474. The number of ether oxygens (including phenoxy) is 1. The minimum absolute atomic E-state index is 0.0206. The van der Waals surface area contributed by atoms with E-state index in [1.165, 1.54) is 42.8 Å². The number of aryl methyl sites for hydroxylation is 1. The van der Waals surface area contributed by atoms with Crippen molar-refractivity contribution >= 4 is 32.4 Å². The molecule has 2 rings (SSSR count). The van der Waals surface area contributed by atoms with Gasteiger partial charge < -0.3 is 10.1 Å². The van der Waals surface area contributed by atoms with Crippen LogP contribution in [0.2, 0.25) is 0 Å². The molecule has 0 aliphatic carbocycles. The molecule has 0 saturated heterocycles. The van der Waals surface area contributed by atoms with Gasteiger partial charge in [-0.25, -0.2) is 24.0 Å². The fourth-order valence-corrected chi connectivity index (χ4v) is 4.14. The lowest BCUT2D eigenvalue weighted by Crippen LogP contribution is -2.16. The van der Waals surface area contributed by atoms with Crippen LogP contribution in [0.4, 0.5) is 5.13 Å². The van der Waals surface area contributed by atoms with Gasteiger partial charge in [0.2, 0.25) is 15.9 Å². The summed E-state index contributed by atoms with van der Waals surface area (Å²) in [5.74, 6) is -0.115. The summed E-state index contributed by atoms with van der Waals surface area (Å²) in [5.41, 5.74) is 3.09. The van der Waals surface area contributed by atoms with Gasteiger partial charge in [-0.05, 0) is 37.1 Å². The van der Waals surface area contributed by atoms with Crippen molar-refractivity contribution in [3.8, 4) is 16.2 Å². The highest BCUT2D eigenvalue weighted by Gasteiger charge is 2.18. The van der Waals surface area contributed by atoms with Crippen molar-refractivity contribution in [1.82, 2.24) is 10.5 Å². The molecule has 2 aromatic rings. The molecule has 0 spiro atoms. The molecule has 1 aromatic heterocycles. The maximum atomic E-state index is 11.8. The lowest BCUT2D eigenvalue weighted by atomic mass is 10.1. The van der Waals surface area contributed by atoms with E-state index in [2.05, 4.69) is 17.2 Å². The maximum absolute atomic E-state index is 11.8. The minimum atomic E-state index is -3.86. The number of unbranched alkanes of at least 4 members (excludes halogenated alkanes) is 2. The first-order valence-corrected chi connectivity index (χ1v) is 11.9. The Balaban J connectivity index is 0.000000656. The average molecular weight is 459 g/mol. The van der Waals surface area contributed by atoms with Crippen LogP contribution in [0.5, 0.6) is 5.75 Å². The first-order valence-electron chi connectivity index (χ1n) is 9.53. The van der Waals surface area contributed by atoms with Crippen molar-refractivity contribution in [3.63, 3.8) is 0 Å². The quantitative estimate of drug-likeness (QED) is 0.256. The number of carbonyl (C=O) groups excluding carboxylic acids is 1. The Kier molecular flexibility index (Phi) is 10.7. The van der Waals surface area contributed by atoms with E-state index in [1.54, 1.807) is 13.0 Å². The molecule has 30 heavy (non-hydrogen) atoms. The zero-order chi connectivity index (χ0) is 22.7. The van der Waals surface area contributed by atoms with Gasteiger partial charge >= 0.3 is 0 Å². The highest BCUT2D eigenvalue weighted by atomic mass is 32.2. The van der Waals surface area contributed by atoms with E-state index < -0.39 is 10.0 Å². The van der Waals surface area contributed by atoms with E-state index in [1.807, 2.05) is 13.0 Å². The highest BCUT2D eigenvalue weighted by Crippen LogP contribution is 2.36. The second-order valence-electron chi connectivity index (χ2n) is 6.37. The van der Waals surface area contributed by atoms with Crippen molar-refractivity contribution in [2.24, 2.45) is 5.14 Å². The molecular formula is C19H30N4O5S2. The molecule has 5 N–H and O–H groups in total. The number of nitrogens with zero attached hydrogens (tertiary/aromatic N) is 1. The number of hydrogen-bond acceptors (Lipinski definition) is 8. The number of methoxy groups -OCH3 is 1. The molecule has 0 aliphatic heterocycles. The summed E-state index contributed by atoms with van der Waals surface area (Å²) in [5, 5.41) is 17.2. The number of rotatable bonds is 9. The van der Waals surface area contributed by atoms with Gasteiger partial charge in [-0.15, -0.1) is 0 Å². The molecule has 1 aromatic carbocycles. The molecule has 0 fully saturated rings. The summed E-state index contributed by atoms with van der Waals surface area (Å²) in [6.45, 7) is 6.61. The molecule has 11 heteroatoms. The number of benzene rings is 1. The Hall–Kier alpha value is -2.21. The van der Waals surface area contributed by atoms with Gasteiger partial charge in [-0.3, -0.25) is 10.0 Å². The number of aromatic nitrogens is 1. The first-order chi connectivity index (χ1) is 14.2. The van der Waals surface area contributed by atoms with Crippen molar-refractivity contribution in [2.45, 2.75) is 51.3 Å². The number of primary sulfonamides is 1. The number of anilines is 1. The number of amides is 1. The largest absolute Gasteiger partial charge is 0.495 e. The second-order valence-corrected chi connectivity index (χ2v) is 8.90. The van der Waals surface area contributed by atoms with Gasteiger partial charge in [0.1, 0.15) is 10.6 Å². The van der Waals surface area contributed by atoms with Gasteiger partial charge in [0.05, 0.1) is 17.7 Å². The number of hydrogen-bond donors (Lipinski definition) is 4. The second kappa shape index (κ2) is 12.5. The molecule has 9 nitrogen and oxygen atoms in total. The van der Waals surface area contributed by atoms with E-state index >= 15 is 0 Å². The number of carbonyl (C=O) groups is 1. The third kappa shape index (κ3) is 7.90. The molecule has 0 aliphatic rings. The van der Waals surface area contributed by atoms with E-state index in [0.717, 1.165) is 34.2 Å². The lowest BCUT2D eigenvalue weighted by Gasteiger charge is -2.08. The van der Waals surface area contributed by atoms with Gasteiger partial charge in [0, 0.05) is 13.0 Å². The molecule has 1 amide bonds. The molecule has 0 atom stereocenters. The molecule has 0 radical (unpaired) electrons. The topological polar surface area (TPSA) is 144 Å². The number of thiazole rings is 1. The van der Waals surface area contributed by atoms with Gasteiger partial charge in [0.15, 0.2) is 5.13 Å². The van der Waals surface area contributed by atoms with Gasteiger partial charge in [0.25, 0.3) is 0 Å². The maximum Gasteiger partial charge on any atom is 0.243 e. The number of nitrogens with two attached hydrogens (primary N) is 1. The van der Waals surface area contributed by atoms with Crippen molar-refractivity contribution in [1.29, 1.82) is 0 Å². The van der Waals surface area contributed by atoms with Gasteiger partial charge in [-0.2, -0.15) is 0 Å². The van der Waals surface area contributed by atoms with Gasteiger partial charge in [-0.1, -0.05) is 38.0 Å². The highest BCUT2D eigenvalue weighted by molar-refractivity contribution is 7.89. The van der Waals surface area contributed by atoms with Crippen LogP contribution in [0.15, 0.2) is 23.1 Å². The Bertz CT molecular complexity index is 923. The van der Waals surface area contributed by atoms with E-state index in [9.17, 15) is 13.2 Å². The SMILES string of the molecule is CCC(=O)NO.CCCCCNc1nc(C)c(-c2ccc(OC)c(S(N)(=O)=O)c2)s1. The molecule has 0 bridgehead atoms. The Morgan fingerprint density at radius 3 is 2.50 bits per heavy atom. The summed E-state index contributed by atoms with van der Waals surface area (Å²) in [4.78, 5) is 15.2. The van der Waals surface area contributed by atoms with Crippen molar-refractivity contribution < 1.29 is 23.2 Å². The average Bonchev–Trinajstić information content (AvgIpc) is 3.10. The molecule has 0 saturated carbocycles. The summed E-state index contributed by atoms with van der Waals surface area (Å²) in [6, 6.07) is 4.97. The number of sulfonamides is 1. The minimum Gasteiger partial charge on any atom is -0.495 e. The summed E-state index contributed by atoms with van der Waals surface area (Å²) in [6.07, 6.45) is 3.78. The van der Waals surface area contributed by atoms with E-state index in [4.69, 9.17) is 15.1 Å². The third-order valence-corrected chi connectivity index (χ3v) is 6.13. The molecule has 168 valence electrons. The predicted octanol–water partition coefficient (Wildman–Crippen LogP) is 3.28. The van der Waals surface area contributed by atoms with Crippen LogP contribution >= 0.6 is 11.3 Å². The first kappa shape index (κ1) is 25.8.